The second-order valence-corrected chi connectivity index (χ2v) is 7.87. The summed E-state index contributed by atoms with van der Waals surface area (Å²) in [5, 5.41) is 33.3. The Morgan fingerprint density at radius 1 is 1.00 bits per heavy atom. The number of Topliss-reactive ketones (excluding diaryl/α,β-unsaturated/α-hetero) is 1. The number of amides is 2. The van der Waals surface area contributed by atoms with Gasteiger partial charge in [-0.25, -0.2) is 5.06 Å². The van der Waals surface area contributed by atoms with Gasteiger partial charge in [0.15, 0.2) is 17.8 Å². The van der Waals surface area contributed by atoms with Crippen LogP contribution in [0, 0.1) is 5.41 Å². The van der Waals surface area contributed by atoms with Gasteiger partial charge in [0, 0.05) is 19.2 Å². The van der Waals surface area contributed by atoms with E-state index < -0.39 is 42.2 Å². The first kappa shape index (κ1) is 27.8. The lowest BCUT2D eigenvalue weighted by molar-refractivity contribution is -0.138. The van der Waals surface area contributed by atoms with Gasteiger partial charge in [-0.15, -0.1) is 0 Å². The molecular formula is C24H30N6O6. The molecule has 2 rings (SSSR count). The number of guanidine groups is 1. The maximum absolute atomic E-state index is 13.7. The van der Waals surface area contributed by atoms with Gasteiger partial charge in [-0.3, -0.25) is 34.7 Å². The number of nitrogens with zero attached hydrogens (tertiary/aromatic N) is 2. The fourth-order valence-corrected chi connectivity index (χ4v) is 3.51. The standard InChI is InChI=1S/C24H30N6O6/c1-16(31)28-19(13-8-14-27-24(25)26)22(34)21(30(36)18-11-6-3-7-12-18)23(35)29(15-20(32)33)17-9-4-2-5-10-17/h2-7,9-12,19,21,36H,8,13-15H2,1H3,(H,28,31)(H,32,33)(H4,25,26,27). The number of hydrogen-bond acceptors (Lipinski definition) is 7. The van der Waals surface area contributed by atoms with Crippen molar-refractivity contribution in [1.29, 1.82) is 5.41 Å². The van der Waals surface area contributed by atoms with Crippen LogP contribution in [-0.4, -0.2) is 65.0 Å². The first-order valence-corrected chi connectivity index (χ1v) is 11.1. The molecule has 2 unspecified atom stereocenters. The van der Waals surface area contributed by atoms with Crippen LogP contribution in [0.25, 0.3) is 0 Å². The first-order valence-electron chi connectivity index (χ1n) is 11.1. The highest BCUT2D eigenvalue weighted by molar-refractivity contribution is 6.16. The second-order valence-electron chi connectivity index (χ2n) is 7.87. The first-order chi connectivity index (χ1) is 17.1. The number of para-hydroxylation sites is 2. The van der Waals surface area contributed by atoms with Crippen molar-refractivity contribution < 1.29 is 29.5 Å². The van der Waals surface area contributed by atoms with E-state index in [2.05, 4.69) is 10.6 Å². The summed E-state index contributed by atoms with van der Waals surface area (Å²) in [6, 6.07) is 12.6. The van der Waals surface area contributed by atoms with Crippen molar-refractivity contribution in [3.05, 3.63) is 60.7 Å². The minimum absolute atomic E-state index is 0.0649. The molecule has 12 nitrogen and oxygen atoms in total. The van der Waals surface area contributed by atoms with Crippen molar-refractivity contribution in [2.24, 2.45) is 5.73 Å². The number of benzene rings is 2. The van der Waals surface area contributed by atoms with Crippen LogP contribution >= 0.6 is 0 Å². The van der Waals surface area contributed by atoms with Gasteiger partial charge in [0.25, 0.3) is 5.91 Å². The number of carboxylic acid groups (broad SMARTS) is 1. The summed E-state index contributed by atoms with van der Waals surface area (Å²) in [6.07, 6.45) is 0.362. The zero-order valence-electron chi connectivity index (χ0n) is 19.8. The van der Waals surface area contributed by atoms with Crippen molar-refractivity contribution in [2.75, 3.05) is 23.1 Å². The molecule has 0 aliphatic carbocycles. The SMILES string of the molecule is CC(=O)NC(CCCNC(=N)N)C(=O)C(C(=O)N(CC(=O)O)c1ccccc1)N(O)c1ccccc1. The predicted molar refractivity (Wildman–Crippen MR) is 133 cm³/mol. The number of anilines is 2. The number of hydrogen-bond donors (Lipinski definition) is 6. The van der Waals surface area contributed by atoms with Crippen molar-refractivity contribution >= 4 is 40.9 Å². The fourth-order valence-electron chi connectivity index (χ4n) is 3.51. The molecule has 0 radical (unpaired) electrons. The Morgan fingerprint density at radius 2 is 1.56 bits per heavy atom. The highest BCUT2D eigenvalue weighted by Gasteiger charge is 2.40. The number of carboxylic acids is 1. The third-order valence-corrected chi connectivity index (χ3v) is 5.10. The van der Waals surface area contributed by atoms with Gasteiger partial charge in [0.05, 0.1) is 11.7 Å². The number of nitrogens with two attached hydrogens (primary N) is 1. The number of carbonyl (C=O) groups is 4. The van der Waals surface area contributed by atoms with Gasteiger partial charge in [-0.1, -0.05) is 36.4 Å². The molecule has 36 heavy (non-hydrogen) atoms. The summed E-state index contributed by atoms with van der Waals surface area (Å²) >= 11 is 0. The van der Waals surface area contributed by atoms with Crippen LogP contribution in [0.5, 0.6) is 0 Å². The maximum Gasteiger partial charge on any atom is 0.323 e. The summed E-state index contributed by atoms with van der Waals surface area (Å²) < 4.78 is 0. The van der Waals surface area contributed by atoms with Gasteiger partial charge < -0.3 is 21.5 Å². The molecule has 0 bridgehead atoms. The Balaban J connectivity index is 2.48. The van der Waals surface area contributed by atoms with E-state index in [9.17, 15) is 29.5 Å². The van der Waals surface area contributed by atoms with Gasteiger partial charge in [-0.2, -0.15) is 0 Å². The van der Waals surface area contributed by atoms with E-state index in [0.29, 0.717) is 11.5 Å². The molecule has 0 aliphatic heterocycles. The second kappa shape index (κ2) is 13.4. The van der Waals surface area contributed by atoms with E-state index in [1.165, 1.54) is 31.2 Å². The van der Waals surface area contributed by atoms with Gasteiger partial charge in [-0.05, 0) is 37.1 Å². The minimum atomic E-state index is -1.87. The molecule has 0 aliphatic rings. The molecular weight excluding hydrogens is 468 g/mol. The third-order valence-electron chi connectivity index (χ3n) is 5.10. The monoisotopic (exact) mass is 498 g/mol. The Morgan fingerprint density at radius 3 is 2.06 bits per heavy atom. The summed E-state index contributed by atoms with van der Waals surface area (Å²) in [7, 11) is 0. The van der Waals surface area contributed by atoms with E-state index in [4.69, 9.17) is 11.1 Å². The van der Waals surface area contributed by atoms with Crippen LogP contribution in [0.3, 0.4) is 0 Å². The Labute approximate surface area is 208 Å². The largest absolute Gasteiger partial charge is 0.480 e. The highest BCUT2D eigenvalue weighted by atomic mass is 16.5. The predicted octanol–water partition coefficient (Wildman–Crippen LogP) is 0.706. The molecule has 0 fully saturated rings. The molecule has 0 spiro atoms. The van der Waals surface area contributed by atoms with Crippen molar-refractivity contribution in [2.45, 2.75) is 31.8 Å². The van der Waals surface area contributed by atoms with Crippen LogP contribution in [0.1, 0.15) is 19.8 Å². The maximum atomic E-state index is 13.7. The molecule has 2 aromatic carbocycles. The molecule has 0 saturated carbocycles. The van der Waals surface area contributed by atoms with E-state index in [-0.39, 0.29) is 30.3 Å². The average molecular weight is 499 g/mol. The zero-order valence-corrected chi connectivity index (χ0v) is 19.8. The molecule has 0 aromatic heterocycles. The summed E-state index contributed by atoms with van der Waals surface area (Å²) in [5.74, 6) is -3.94. The fraction of sp³-hybridized carbons (Fsp3) is 0.292. The Bertz CT molecular complexity index is 1070. The van der Waals surface area contributed by atoms with Crippen LogP contribution in [0.2, 0.25) is 0 Å². The molecule has 2 aromatic rings. The highest BCUT2D eigenvalue weighted by Crippen LogP contribution is 2.22. The van der Waals surface area contributed by atoms with Gasteiger partial charge in [0.1, 0.15) is 6.54 Å². The summed E-state index contributed by atoms with van der Waals surface area (Å²) in [6.45, 7) is 0.677. The third kappa shape index (κ3) is 8.09. The number of ketones is 1. The number of rotatable bonds is 13. The topological polar surface area (TPSA) is 189 Å². The van der Waals surface area contributed by atoms with Crippen molar-refractivity contribution in [3.8, 4) is 0 Å². The molecule has 192 valence electrons. The summed E-state index contributed by atoms with van der Waals surface area (Å²) in [5.41, 5.74) is 5.60. The van der Waals surface area contributed by atoms with Crippen molar-refractivity contribution in [1.82, 2.24) is 10.6 Å². The smallest absolute Gasteiger partial charge is 0.323 e. The number of hydroxylamine groups is 1. The molecule has 12 heteroatoms. The molecule has 0 saturated heterocycles. The van der Waals surface area contributed by atoms with Crippen LogP contribution in [0.15, 0.2) is 60.7 Å². The van der Waals surface area contributed by atoms with Crippen LogP contribution < -0.4 is 26.3 Å². The normalized spacial score (nSPS) is 12.1. The molecule has 0 heterocycles. The van der Waals surface area contributed by atoms with Gasteiger partial charge >= 0.3 is 5.97 Å². The van der Waals surface area contributed by atoms with Gasteiger partial charge in [0.2, 0.25) is 5.91 Å². The van der Waals surface area contributed by atoms with E-state index in [1.807, 2.05) is 0 Å². The zero-order chi connectivity index (χ0) is 26.7. The van der Waals surface area contributed by atoms with Crippen LogP contribution in [-0.2, 0) is 19.2 Å². The Kier molecular flexibility index (Phi) is 10.4. The van der Waals surface area contributed by atoms with E-state index in [1.54, 1.807) is 36.4 Å². The molecule has 7 N–H and O–H groups in total. The molecule has 2 atom stereocenters. The lowest BCUT2D eigenvalue weighted by Crippen LogP contribution is -2.58. The van der Waals surface area contributed by atoms with Crippen molar-refractivity contribution in [3.63, 3.8) is 0 Å². The average Bonchev–Trinajstić information content (AvgIpc) is 2.84. The number of aliphatic carboxylic acids is 1. The van der Waals surface area contributed by atoms with E-state index >= 15 is 0 Å². The minimum Gasteiger partial charge on any atom is -0.480 e. The van der Waals surface area contributed by atoms with Crippen LogP contribution in [0.4, 0.5) is 11.4 Å². The number of carbonyl (C=O) groups excluding carboxylic acids is 3. The lowest BCUT2D eigenvalue weighted by Gasteiger charge is -2.32. The quantitative estimate of drug-likeness (QED) is 0.0759. The summed E-state index contributed by atoms with van der Waals surface area (Å²) in [4.78, 5) is 51.7. The molecule has 2 amide bonds. The lowest BCUT2D eigenvalue weighted by atomic mass is 9.98. The number of nitrogens with one attached hydrogen (secondary N) is 3. The van der Waals surface area contributed by atoms with E-state index in [0.717, 1.165) is 4.90 Å². The Hall–Kier alpha value is -4.45.